The molecule has 0 aliphatic heterocycles. The summed E-state index contributed by atoms with van der Waals surface area (Å²) in [5.74, 6) is -0.0484. The average Bonchev–Trinajstić information content (AvgIpc) is 2.86. The number of unbranched alkanes of at least 4 members (excludes halogenated alkanes) is 1. The van der Waals surface area contributed by atoms with Gasteiger partial charge in [0.25, 0.3) is 0 Å². The van der Waals surface area contributed by atoms with Crippen LogP contribution in [0.1, 0.15) is 51.5 Å². The number of nitrogens with one attached hydrogen (secondary N) is 1. The summed E-state index contributed by atoms with van der Waals surface area (Å²) in [6, 6.07) is 11.2. The van der Waals surface area contributed by atoms with Crippen LogP contribution < -0.4 is 14.4 Å². The first-order valence-corrected chi connectivity index (χ1v) is 15.3. The van der Waals surface area contributed by atoms with Gasteiger partial charge in [0.1, 0.15) is 11.8 Å². The van der Waals surface area contributed by atoms with Crippen LogP contribution in [-0.4, -0.2) is 57.6 Å². The molecule has 2 amide bonds. The summed E-state index contributed by atoms with van der Waals surface area (Å²) in [5.41, 5.74) is 1.10. The number of nitrogens with zero attached hydrogens (tertiary/aromatic N) is 2. The van der Waals surface area contributed by atoms with E-state index in [1.165, 1.54) is 22.4 Å². The van der Waals surface area contributed by atoms with Crippen molar-refractivity contribution >= 4 is 50.7 Å². The van der Waals surface area contributed by atoms with E-state index in [9.17, 15) is 18.0 Å². The Morgan fingerprint density at radius 1 is 1.05 bits per heavy atom. The Hall–Kier alpha value is -2.49. The molecule has 0 aliphatic carbocycles. The first kappa shape index (κ1) is 31.7. The largest absolute Gasteiger partial charge is 0.495 e. The number of carbonyl (C=O) groups is 2. The lowest BCUT2D eigenvalue weighted by Gasteiger charge is -2.31. The quantitative estimate of drug-likeness (QED) is 0.287. The molecule has 1 atom stereocenters. The average molecular weight is 587 g/mol. The number of hydrogen-bond acceptors (Lipinski definition) is 5. The van der Waals surface area contributed by atoms with Gasteiger partial charge < -0.3 is 15.0 Å². The Bertz CT molecular complexity index is 1190. The normalized spacial score (nSPS) is 12.1. The van der Waals surface area contributed by atoms with Crippen LogP contribution in [0.4, 0.5) is 5.69 Å². The predicted octanol–water partition coefficient (Wildman–Crippen LogP) is 5.27. The fourth-order valence-corrected chi connectivity index (χ4v) is 5.45. The van der Waals surface area contributed by atoms with E-state index in [2.05, 4.69) is 5.32 Å². The second kappa shape index (κ2) is 15.2. The molecule has 0 spiro atoms. The first-order chi connectivity index (χ1) is 18.0. The Labute approximate surface area is 236 Å². The zero-order valence-corrected chi connectivity index (χ0v) is 24.7. The van der Waals surface area contributed by atoms with Crippen LogP contribution in [0.15, 0.2) is 42.5 Å². The minimum absolute atomic E-state index is 0.0408. The van der Waals surface area contributed by atoms with Gasteiger partial charge in [0.15, 0.2) is 0 Å². The van der Waals surface area contributed by atoms with Crippen molar-refractivity contribution < 1.29 is 22.7 Å². The van der Waals surface area contributed by atoms with Crippen molar-refractivity contribution in [2.45, 2.75) is 58.5 Å². The van der Waals surface area contributed by atoms with Crippen LogP contribution in [0, 0.1) is 0 Å². The maximum atomic E-state index is 13.5. The molecule has 0 heterocycles. The fraction of sp³-hybridized carbons (Fsp3) is 0.481. The molecule has 1 N–H and O–H groups in total. The van der Waals surface area contributed by atoms with Crippen LogP contribution >= 0.6 is 23.2 Å². The molecule has 210 valence electrons. The number of amides is 2. The van der Waals surface area contributed by atoms with Crippen LogP contribution in [-0.2, 0) is 26.2 Å². The number of sulfonamides is 1. The lowest BCUT2D eigenvalue weighted by molar-refractivity contribution is -0.141. The number of benzene rings is 2. The van der Waals surface area contributed by atoms with Gasteiger partial charge >= 0.3 is 0 Å². The van der Waals surface area contributed by atoms with Crippen LogP contribution in [0.25, 0.3) is 0 Å². The zero-order valence-electron chi connectivity index (χ0n) is 22.4. The molecule has 0 bridgehead atoms. The number of anilines is 1. The number of hydrogen-bond donors (Lipinski definition) is 1. The van der Waals surface area contributed by atoms with Gasteiger partial charge in [0, 0.05) is 31.1 Å². The Morgan fingerprint density at radius 2 is 1.76 bits per heavy atom. The second-order valence-electron chi connectivity index (χ2n) is 8.94. The molecule has 0 aromatic heterocycles. The zero-order chi connectivity index (χ0) is 28.3. The van der Waals surface area contributed by atoms with Gasteiger partial charge in [0.2, 0.25) is 21.8 Å². The molecule has 0 saturated heterocycles. The van der Waals surface area contributed by atoms with Crippen LogP contribution in [0.2, 0.25) is 10.0 Å². The van der Waals surface area contributed by atoms with E-state index in [-0.39, 0.29) is 42.8 Å². The summed E-state index contributed by atoms with van der Waals surface area (Å²) in [7, 11) is -2.17. The maximum Gasteiger partial charge on any atom is 0.242 e. The number of carbonyl (C=O) groups excluding carboxylic acids is 2. The van der Waals surface area contributed by atoms with Gasteiger partial charge in [-0.25, -0.2) is 8.42 Å². The smallest absolute Gasteiger partial charge is 0.242 e. The Balaban J connectivity index is 2.23. The molecule has 0 fully saturated rings. The van der Waals surface area contributed by atoms with E-state index in [1.807, 2.05) is 26.0 Å². The monoisotopic (exact) mass is 585 g/mol. The molecule has 11 heteroatoms. The number of halogens is 2. The van der Waals surface area contributed by atoms with Crippen LogP contribution in [0.3, 0.4) is 0 Å². The van der Waals surface area contributed by atoms with Crippen molar-refractivity contribution in [2.24, 2.45) is 0 Å². The van der Waals surface area contributed by atoms with E-state index < -0.39 is 16.1 Å². The van der Waals surface area contributed by atoms with Crippen molar-refractivity contribution in [3.05, 3.63) is 58.1 Å². The molecule has 0 saturated carbocycles. The number of ether oxygens (including phenoxy) is 1. The summed E-state index contributed by atoms with van der Waals surface area (Å²) in [4.78, 5) is 28.0. The summed E-state index contributed by atoms with van der Waals surface area (Å²) < 4.78 is 31.4. The van der Waals surface area contributed by atoms with E-state index >= 15 is 0 Å². The minimum Gasteiger partial charge on any atom is -0.495 e. The van der Waals surface area contributed by atoms with E-state index in [0.717, 1.165) is 24.7 Å². The molecular formula is C27H37Cl2N3O5S. The number of methoxy groups -OCH3 is 1. The first-order valence-electron chi connectivity index (χ1n) is 12.6. The Kier molecular flexibility index (Phi) is 12.7. The molecule has 1 unspecified atom stereocenters. The van der Waals surface area contributed by atoms with Gasteiger partial charge in [-0.1, -0.05) is 61.7 Å². The van der Waals surface area contributed by atoms with E-state index in [4.69, 9.17) is 27.9 Å². The highest BCUT2D eigenvalue weighted by Crippen LogP contribution is 2.30. The van der Waals surface area contributed by atoms with Crippen molar-refractivity contribution in [3.63, 3.8) is 0 Å². The van der Waals surface area contributed by atoms with Crippen molar-refractivity contribution in [2.75, 3.05) is 30.8 Å². The maximum absolute atomic E-state index is 13.5. The van der Waals surface area contributed by atoms with Gasteiger partial charge in [0.05, 0.1) is 24.1 Å². The molecule has 2 rings (SSSR count). The van der Waals surface area contributed by atoms with Crippen molar-refractivity contribution in [1.82, 2.24) is 10.2 Å². The summed E-state index contributed by atoms with van der Waals surface area (Å²) in [6.07, 6.45) is 3.59. The molecule has 8 nitrogen and oxygen atoms in total. The highest BCUT2D eigenvalue weighted by atomic mass is 35.5. The van der Waals surface area contributed by atoms with Gasteiger partial charge in [-0.3, -0.25) is 13.9 Å². The summed E-state index contributed by atoms with van der Waals surface area (Å²) in [6.45, 7) is 4.66. The molecule has 38 heavy (non-hydrogen) atoms. The van der Waals surface area contributed by atoms with E-state index in [0.29, 0.717) is 29.4 Å². The summed E-state index contributed by atoms with van der Waals surface area (Å²) in [5, 5.41) is 3.71. The van der Waals surface area contributed by atoms with Crippen molar-refractivity contribution in [3.8, 4) is 5.75 Å². The SMILES string of the molecule is CCCCNC(=O)C(CC)N(Cc1ccccc1Cl)C(=O)CCCN(c1ccc(OC)c(Cl)c1)S(C)(=O)=O. The fourth-order valence-electron chi connectivity index (χ4n) is 4.05. The predicted molar refractivity (Wildman–Crippen MR) is 153 cm³/mol. The number of rotatable bonds is 15. The molecular weight excluding hydrogens is 549 g/mol. The lowest BCUT2D eigenvalue weighted by Crippen LogP contribution is -2.49. The van der Waals surface area contributed by atoms with Gasteiger partial charge in [-0.15, -0.1) is 0 Å². The third-order valence-corrected chi connectivity index (χ3v) is 7.95. The summed E-state index contributed by atoms with van der Waals surface area (Å²) >= 11 is 12.6. The van der Waals surface area contributed by atoms with Crippen molar-refractivity contribution in [1.29, 1.82) is 0 Å². The van der Waals surface area contributed by atoms with Gasteiger partial charge in [-0.2, -0.15) is 0 Å². The topological polar surface area (TPSA) is 96.0 Å². The van der Waals surface area contributed by atoms with Gasteiger partial charge in [-0.05, 0) is 49.1 Å². The highest BCUT2D eigenvalue weighted by molar-refractivity contribution is 7.92. The standard InChI is InChI=1S/C27H37Cl2N3O5S/c1-5-7-16-30-27(34)24(6-2)31(19-20-11-8-9-12-22(20)28)26(33)13-10-17-32(38(4,35)36)21-14-15-25(37-3)23(29)18-21/h8-9,11-12,14-15,18,24H,5-7,10,13,16-17,19H2,1-4H3,(H,30,34). The molecule has 0 radical (unpaired) electrons. The third-order valence-electron chi connectivity index (χ3n) is 6.09. The Morgan fingerprint density at radius 3 is 2.34 bits per heavy atom. The highest BCUT2D eigenvalue weighted by Gasteiger charge is 2.29. The minimum atomic E-state index is -3.65. The van der Waals surface area contributed by atoms with Crippen LogP contribution in [0.5, 0.6) is 5.75 Å². The second-order valence-corrected chi connectivity index (χ2v) is 11.7. The van der Waals surface area contributed by atoms with E-state index in [1.54, 1.807) is 24.3 Å². The molecule has 2 aromatic rings. The third kappa shape index (κ3) is 9.06. The lowest BCUT2D eigenvalue weighted by atomic mass is 10.1. The molecule has 0 aliphatic rings. The molecule has 2 aromatic carbocycles.